The minimum absolute atomic E-state index is 0.0495. The van der Waals surface area contributed by atoms with E-state index in [1.807, 2.05) is 68.7 Å². The Hall–Kier alpha value is -2.87. The molecule has 2 atom stereocenters. The molecule has 0 aliphatic carbocycles. The van der Waals surface area contributed by atoms with E-state index in [-0.39, 0.29) is 11.4 Å². The van der Waals surface area contributed by atoms with Crippen molar-refractivity contribution in [2.75, 3.05) is 27.7 Å². The van der Waals surface area contributed by atoms with Gasteiger partial charge < -0.3 is 14.7 Å². The van der Waals surface area contributed by atoms with Gasteiger partial charge in [0, 0.05) is 21.0 Å². The molecule has 4 aromatic rings. The van der Waals surface area contributed by atoms with Gasteiger partial charge in [0.25, 0.3) is 0 Å². The average Bonchev–Trinajstić information content (AvgIpc) is 2.88. The van der Waals surface area contributed by atoms with Crippen LogP contribution in [0.15, 0.2) is 77.3 Å². The molecule has 0 saturated carbocycles. The Morgan fingerprint density at radius 2 is 1.73 bits per heavy atom. The number of fused-ring (bicyclic) bond motifs is 1. The Morgan fingerprint density at radius 3 is 2.43 bits per heavy atom. The Bertz CT molecular complexity index is 1370. The van der Waals surface area contributed by atoms with Crippen molar-refractivity contribution in [2.45, 2.75) is 30.8 Å². The third kappa shape index (κ3) is 6.00. The van der Waals surface area contributed by atoms with Crippen LogP contribution in [0.1, 0.15) is 41.9 Å². The second-order valence-corrected chi connectivity index (χ2v) is 10.5. The van der Waals surface area contributed by atoms with Crippen molar-refractivity contribution >= 4 is 26.8 Å². The average molecular weight is 569 g/mol. The zero-order valence-corrected chi connectivity index (χ0v) is 22.8. The zero-order chi connectivity index (χ0) is 26.6. The Labute approximate surface area is 225 Å². The maximum Gasteiger partial charge on any atom is 0.217 e. The van der Waals surface area contributed by atoms with Gasteiger partial charge in [-0.2, -0.15) is 0 Å². The van der Waals surface area contributed by atoms with Crippen LogP contribution >= 0.6 is 15.9 Å². The molecule has 37 heavy (non-hydrogen) atoms. The summed E-state index contributed by atoms with van der Waals surface area (Å²) in [5.41, 5.74) is 0.267. The van der Waals surface area contributed by atoms with Crippen LogP contribution in [0.5, 0.6) is 5.88 Å². The Morgan fingerprint density at radius 1 is 0.973 bits per heavy atom. The van der Waals surface area contributed by atoms with E-state index in [0.717, 1.165) is 41.0 Å². The molecule has 0 spiro atoms. The van der Waals surface area contributed by atoms with Crippen molar-refractivity contribution in [3.8, 4) is 5.88 Å². The molecule has 194 valence electrons. The number of unbranched alkanes of at least 4 members (excludes halogenated alkanes) is 1. The van der Waals surface area contributed by atoms with Crippen LogP contribution in [0.2, 0.25) is 0 Å². The maximum absolute atomic E-state index is 15.5. The maximum atomic E-state index is 15.5. The number of pyridine rings is 1. The highest BCUT2D eigenvalue weighted by Gasteiger charge is 2.43. The summed E-state index contributed by atoms with van der Waals surface area (Å²) in [5, 5.41) is 13.4. The van der Waals surface area contributed by atoms with Gasteiger partial charge in [0.1, 0.15) is 17.2 Å². The SMILES string of the molecule is COc1nc2ccc(Br)cc2cc1[C@H](c1cc(F)ccc1F)[C@](O)(CCCCN(C)C)c1ccccc1. The second kappa shape index (κ2) is 11.7. The van der Waals surface area contributed by atoms with Crippen LogP contribution in [0.4, 0.5) is 8.78 Å². The predicted octanol–water partition coefficient (Wildman–Crippen LogP) is 7.04. The number of benzene rings is 3. The van der Waals surface area contributed by atoms with E-state index in [4.69, 9.17) is 4.74 Å². The number of rotatable bonds is 10. The first-order valence-corrected chi connectivity index (χ1v) is 13.0. The molecule has 4 rings (SSSR count). The largest absolute Gasteiger partial charge is 0.481 e. The number of halogens is 3. The summed E-state index contributed by atoms with van der Waals surface area (Å²) in [5.74, 6) is -1.92. The number of ether oxygens (including phenoxy) is 1. The minimum atomic E-state index is -1.57. The topological polar surface area (TPSA) is 45.6 Å². The van der Waals surface area contributed by atoms with Crippen molar-refractivity contribution < 1.29 is 18.6 Å². The van der Waals surface area contributed by atoms with E-state index in [1.165, 1.54) is 7.11 Å². The van der Waals surface area contributed by atoms with Gasteiger partial charge in [-0.25, -0.2) is 13.8 Å². The molecule has 4 nitrogen and oxygen atoms in total. The fraction of sp³-hybridized carbons (Fsp3) is 0.300. The van der Waals surface area contributed by atoms with Crippen LogP contribution in [-0.4, -0.2) is 42.7 Å². The number of hydrogen-bond donors (Lipinski definition) is 1. The third-order valence-corrected chi connectivity index (χ3v) is 7.20. The van der Waals surface area contributed by atoms with Gasteiger partial charge in [-0.15, -0.1) is 0 Å². The Balaban J connectivity index is 1.99. The highest BCUT2D eigenvalue weighted by molar-refractivity contribution is 9.10. The molecule has 0 aliphatic heterocycles. The van der Waals surface area contributed by atoms with Crippen molar-refractivity contribution in [1.82, 2.24) is 9.88 Å². The van der Waals surface area contributed by atoms with Gasteiger partial charge in [0.05, 0.1) is 18.5 Å². The molecular weight excluding hydrogens is 538 g/mol. The van der Waals surface area contributed by atoms with E-state index in [2.05, 4.69) is 25.8 Å². The molecule has 0 unspecified atom stereocenters. The van der Waals surface area contributed by atoms with Gasteiger partial charge in [-0.05, 0) is 87.9 Å². The van der Waals surface area contributed by atoms with Gasteiger partial charge in [0.15, 0.2) is 0 Å². The van der Waals surface area contributed by atoms with Crippen molar-refractivity contribution in [3.05, 3.63) is 106 Å². The standard InChI is InChI=1S/C30H31BrF2N2O2/c1-35(2)16-8-7-15-30(36,21-9-5-4-6-10-21)28(24-19-23(32)12-13-26(24)33)25-18-20-17-22(31)11-14-27(20)34-29(25)37-3/h4-6,9-14,17-19,28,36H,7-8,15-16H2,1-3H3/t28-,30-/m0/s1. The third-order valence-electron chi connectivity index (χ3n) is 6.71. The summed E-state index contributed by atoms with van der Waals surface area (Å²) >= 11 is 3.50. The molecule has 0 saturated heterocycles. The Kier molecular flexibility index (Phi) is 8.57. The van der Waals surface area contributed by atoms with E-state index in [9.17, 15) is 9.50 Å². The lowest BCUT2D eigenvalue weighted by Gasteiger charge is -2.38. The lowest BCUT2D eigenvalue weighted by Crippen LogP contribution is -2.35. The van der Waals surface area contributed by atoms with Crippen molar-refractivity contribution in [3.63, 3.8) is 0 Å². The first-order chi connectivity index (χ1) is 17.7. The van der Waals surface area contributed by atoms with Crippen LogP contribution in [0.3, 0.4) is 0 Å². The molecule has 0 radical (unpaired) electrons. The molecule has 0 aliphatic rings. The molecule has 0 fully saturated rings. The number of aliphatic hydroxyl groups is 1. The zero-order valence-electron chi connectivity index (χ0n) is 21.2. The summed E-state index contributed by atoms with van der Waals surface area (Å²) < 4.78 is 36.6. The van der Waals surface area contributed by atoms with Crippen LogP contribution in [-0.2, 0) is 5.60 Å². The van der Waals surface area contributed by atoms with E-state index < -0.39 is 23.2 Å². The fourth-order valence-corrected chi connectivity index (χ4v) is 5.32. The van der Waals surface area contributed by atoms with Gasteiger partial charge in [-0.1, -0.05) is 46.3 Å². The highest BCUT2D eigenvalue weighted by atomic mass is 79.9. The number of methoxy groups -OCH3 is 1. The molecule has 0 amide bonds. The number of nitrogens with zero attached hydrogens (tertiary/aromatic N) is 2. The monoisotopic (exact) mass is 568 g/mol. The lowest BCUT2D eigenvalue weighted by atomic mass is 9.71. The predicted molar refractivity (Wildman–Crippen MR) is 147 cm³/mol. The van der Waals surface area contributed by atoms with Crippen molar-refractivity contribution in [2.24, 2.45) is 0 Å². The summed E-state index contributed by atoms with van der Waals surface area (Å²) in [7, 11) is 5.49. The van der Waals surface area contributed by atoms with Crippen LogP contribution in [0, 0.1) is 11.6 Å². The fourth-order valence-electron chi connectivity index (χ4n) is 4.94. The van der Waals surface area contributed by atoms with Gasteiger partial charge in [-0.3, -0.25) is 0 Å². The first-order valence-electron chi connectivity index (χ1n) is 12.2. The second-order valence-electron chi connectivity index (χ2n) is 9.57. The van der Waals surface area contributed by atoms with Crippen molar-refractivity contribution in [1.29, 1.82) is 0 Å². The summed E-state index contributed by atoms with van der Waals surface area (Å²) in [6, 6.07) is 20.0. The summed E-state index contributed by atoms with van der Waals surface area (Å²) in [4.78, 5) is 6.77. The quantitative estimate of drug-likeness (QED) is 0.208. The number of aromatic nitrogens is 1. The van der Waals surface area contributed by atoms with E-state index >= 15 is 4.39 Å². The first kappa shape index (κ1) is 27.2. The summed E-state index contributed by atoms with van der Waals surface area (Å²) in [6.07, 6.45) is 1.83. The molecule has 7 heteroatoms. The highest BCUT2D eigenvalue weighted by Crippen LogP contribution is 2.48. The van der Waals surface area contributed by atoms with E-state index in [0.29, 0.717) is 29.5 Å². The molecule has 1 N–H and O–H groups in total. The van der Waals surface area contributed by atoms with E-state index in [1.54, 1.807) is 0 Å². The van der Waals surface area contributed by atoms with Crippen LogP contribution < -0.4 is 4.74 Å². The lowest BCUT2D eigenvalue weighted by molar-refractivity contribution is 0.00578. The van der Waals surface area contributed by atoms with Crippen LogP contribution in [0.25, 0.3) is 10.9 Å². The molecule has 3 aromatic carbocycles. The number of hydrogen-bond acceptors (Lipinski definition) is 4. The molecule has 1 aromatic heterocycles. The van der Waals surface area contributed by atoms with Gasteiger partial charge in [0.2, 0.25) is 5.88 Å². The minimum Gasteiger partial charge on any atom is -0.481 e. The normalized spacial score (nSPS) is 14.1. The summed E-state index contributed by atoms with van der Waals surface area (Å²) in [6.45, 7) is 0.846. The molecule has 1 heterocycles. The molecule has 0 bridgehead atoms. The molecular formula is C30H31BrF2N2O2. The van der Waals surface area contributed by atoms with Gasteiger partial charge >= 0.3 is 0 Å². The smallest absolute Gasteiger partial charge is 0.217 e.